The summed E-state index contributed by atoms with van der Waals surface area (Å²) in [4.78, 5) is 4.74. The minimum atomic E-state index is 0.463. The molecule has 2 aromatic rings. The Morgan fingerprint density at radius 2 is 1.89 bits per heavy atom. The van der Waals surface area contributed by atoms with Gasteiger partial charge in [-0.25, -0.2) is 9.66 Å². The highest BCUT2D eigenvalue weighted by molar-refractivity contribution is 5.73. The quantitative estimate of drug-likeness (QED) is 0.812. The molecule has 100 valence electrons. The Bertz CT molecular complexity index is 594. The SMILES string of the molecule is Cc1ccccc1-c1nc(C2CCCC2)n(N)c1N. The molecule has 1 aromatic heterocycles. The van der Waals surface area contributed by atoms with Gasteiger partial charge < -0.3 is 11.6 Å². The van der Waals surface area contributed by atoms with Crippen molar-refractivity contribution in [1.29, 1.82) is 0 Å². The monoisotopic (exact) mass is 256 g/mol. The van der Waals surface area contributed by atoms with Gasteiger partial charge in [-0.05, 0) is 25.3 Å². The van der Waals surface area contributed by atoms with Crippen molar-refractivity contribution in [3.63, 3.8) is 0 Å². The Labute approximate surface area is 113 Å². The van der Waals surface area contributed by atoms with Crippen LogP contribution >= 0.6 is 0 Å². The third-order valence-electron chi connectivity index (χ3n) is 4.10. The van der Waals surface area contributed by atoms with Crippen LogP contribution in [-0.4, -0.2) is 9.66 Å². The van der Waals surface area contributed by atoms with Crippen molar-refractivity contribution in [2.24, 2.45) is 0 Å². The Hall–Kier alpha value is -1.97. The Morgan fingerprint density at radius 1 is 1.21 bits per heavy atom. The zero-order valence-corrected chi connectivity index (χ0v) is 11.3. The lowest BCUT2D eigenvalue weighted by atomic mass is 10.1. The standard InChI is InChI=1S/C15H20N4/c1-10-6-2-5-9-12(10)13-14(16)19(17)15(18-13)11-7-3-4-8-11/h2,5-6,9,11H,3-4,7-8,16-17H2,1H3. The molecule has 0 saturated heterocycles. The van der Waals surface area contributed by atoms with Crippen LogP contribution in [0.2, 0.25) is 0 Å². The fraction of sp³-hybridized carbons (Fsp3) is 0.400. The van der Waals surface area contributed by atoms with E-state index in [0.29, 0.717) is 11.7 Å². The van der Waals surface area contributed by atoms with Crippen LogP contribution in [0.15, 0.2) is 24.3 Å². The van der Waals surface area contributed by atoms with Crippen molar-refractivity contribution >= 4 is 5.82 Å². The van der Waals surface area contributed by atoms with Gasteiger partial charge in [0, 0.05) is 11.5 Å². The first-order chi connectivity index (χ1) is 9.18. The van der Waals surface area contributed by atoms with Gasteiger partial charge in [-0.3, -0.25) is 0 Å². The molecule has 0 amide bonds. The lowest BCUT2D eigenvalue weighted by molar-refractivity contribution is 0.648. The van der Waals surface area contributed by atoms with Crippen molar-refractivity contribution in [2.75, 3.05) is 11.6 Å². The third kappa shape index (κ3) is 1.97. The predicted octanol–water partition coefficient (Wildman–Crippen LogP) is 2.81. The zero-order chi connectivity index (χ0) is 13.4. The number of aryl methyl sites for hydroxylation is 1. The van der Waals surface area contributed by atoms with E-state index in [1.54, 1.807) is 4.68 Å². The van der Waals surface area contributed by atoms with Crippen LogP contribution in [0.5, 0.6) is 0 Å². The number of nitrogen functional groups attached to an aromatic ring is 2. The maximum absolute atomic E-state index is 6.15. The molecule has 3 rings (SSSR count). The summed E-state index contributed by atoms with van der Waals surface area (Å²) in [7, 11) is 0. The molecule has 1 aliphatic rings. The van der Waals surface area contributed by atoms with Gasteiger partial charge in [-0.2, -0.15) is 0 Å². The van der Waals surface area contributed by atoms with Gasteiger partial charge in [-0.15, -0.1) is 0 Å². The molecule has 0 bridgehead atoms. The Kier molecular flexibility index (Phi) is 2.93. The topological polar surface area (TPSA) is 69.9 Å². The summed E-state index contributed by atoms with van der Waals surface area (Å²) in [5.41, 5.74) is 9.21. The summed E-state index contributed by atoms with van der Waals surface area (Å²) in [5.74, 6) is 8.07. The lowest BCUT2D eigenvalue weighted by Crippen LogP contribution is -2.17. The number of benzene rings is 1. The molecular formula is C15H20N4. The molecule has 1 aliphatic carbocycles. The third-order valence-corrected chi connectivity index (χ3v) is 4.10. The van der Waals surface area contributed by atoms with Crippen LogP contribution in [0.3, 0.4) is 0 Å². The predicted molar refractivity (Wildman–Crippen MR) is 78.2 cm³/mol. The number of rotatable bonds is 2. The van der Waals surface area contributed by atoms with Crippen molar-refractivity contribution in [2.45, 2.75) is 38.5 Å². The summed E-state index contributed by atoms with van der Waals surface area (Å²) in [5, 5.41) is 0. The molecule has 4 N–H and O–H groups in total. The molecular weight excluding hydrogens is 236 g/mol. The maximum atomic E-state index is 6.15. The minimum Gasteiger partial charge on any atom is -0.382 e. The molecule has 4 nitrogen and oxygen atoms in total. The summed E-state index contributed by atoms with van der Waals surface area (Å²) >= 11 is 0. The molecule has 0 aliphatic heterocycles. The van der Waals surface area contributed by atoms with Gasteiger partial charge >= 0.3 is 0 Å². The molecule has 1 aromatic carbocycles. The minimum absolute atomic E-state index is 0.463. The lowest BCUT2D eigenvalue weighted by Gasteiger charge is -2.08. The van der Waals surface area contributed by atoms with Crippen molar-refractivity contribution in [3.05, 3.63) is 35.7 Å². The van der Waals surface area contributed by atoms with Crippen molar-refractivity contribution < 1.29 is 0 Å². The summed E-state index contributed by atoms with van der Waals surface area (Å²) < 4.78 is 1.58. The second-order valence-electron chi connectivity index (χ2n) is 5.37. The highest BCUT2D eigenvalue weighted by Crippen LogP contribution is 2.36. The molecule has 0 spiro atoms. The summed E-state index contributed by atoms with van der Waals surface area (Å²) in [6.45, 7) is 2.07. The Morgan fingerprint density at radius 3 is 2.58 bits per heavy atom. The van der Waals surface area contributed by atoms with Crippen LogP contribution in [0.4, 0.5) is 5.82 Å². The number of nitrogens with zero attached hydrogens (tertiary/aromatic N) is 2. The number of nitrogens with two attached hydrogens (primary N) is 2. The van der Waals surface area contributed by atoms with E-state index in [0.717, 1.165) is 17.1 Å². The number of aromatic nitrogens is 2. The van der Waals surface area contributed by atoms with Crippen molar-refractivity contribution in [3.8, 4) is 11.3 Å². The van der Waals surface area contributed by atoms with Crippen LogP contribution in [0.1, 0.15) is 43.0 Å². The van der Waals surface area contributed by atoms with Crippen LogP contribution in [0.25, 0.3) is 11.3 Å². The van der Waals surface area contributed by atoms with Crippen LogP contribution in [0, 0.1) is 6.92 Å². The fourth-order valence-corrected chi connectivity index (χ4v) is 2.97. The van der Waals surface area contributed by atoms with E-state index in [1.807, 2.05) is 18.2 Å². The van der Waals surface area contributed by atoms with Gasteiger partial charge in [0.1, 0.15) is 11.5 Å². The second kappa shape index (κ2) is 4.61. The van der Waals surface area contributed by atoms with E-state index < -0.39 is 0 Å². The first-order valence-electron chi connectivity index (χ1n) is 6.87. The molecule has 1 saturated carbocycles. The van der Waals surface area contributed by atoms with Gasteiger partial charge in [-0.1, -0.05) is 37.1 Å². The fourth-order valence-electron chi connectivity index (χ4n) is 2.97. The van der Waals surface area contributed by atoms with Gasteiger partial charge in [0.05, 0.1) is 0 Å². The van der Waals surface area contributed by atoms with Crippen molar-refractivity contribution in [1.82, 2.24) is 9.66 Å². The average Bonchev–Trinajstić information content (AvgIpc) is 3.02. The summed E-state index contributed by atoms with van der Waals surface area (Å²) in [6, 6.07) is 8.14. The van der Waals surface area contributed by atoms with Gasteiger partial charge in [0.25, 0.3) is 0 Å². The normalized spacial score (nSPS) is 16.1. The van der Waals surface area contributed by atoms with E-state index in [2.05, 4.69) is 13.0 Å². The first-order valence-corrected chi connectivity index (χ1v) is 6.87. The van der Waals surface area contributed by atoms with Crippen LogP contribution in [-0.2, 0) is 0 Å². The molecule has 19 heavy (non-hydrogen) atoms. The largest absolute Gasteiger partial charge is 0.382 e. The van der Waals surface area contributed by atoms with E-state index >= 15 is 0 Å². The summed E-state index contributed by atoms with van der Waals surface area (Å²) in [6.07, 6.45) is 4.86. The number of hydrogen-bond acceptors (Lipinski definition) is 3. The highest BCUT2D eigenvalue weighted by Gasteiger charge is 2.25. The molecule has 1 heterocycles. The van der Waals surface area contributed by atoms with Crippen LogP contribution < -0.4 is 11.6 Å². The molecule has 4 heteroatoms. The van der Waals surface area contributed by atoms with Gasteiger partial charge in [0.15, 0.2) is 5.82 Å². The number of hydrogen-bond donors (Lipinski definition) is 2. The van der Waals surface area contributed by atoms with E-state index in [1.165, 1.54) is 31.2 Å². The average molecular weight is 256 g/mol. The second-order valence-corrected chi connectivity index (χ2v) is 5.37. The molecule has 0 radical (unpaired) electrons. The smallest absolute Gasteiger partial charge is 0.150 e. The first kappa shape index (κ1) is 12.1. The molecule has 1 fully saturated rings. The highest BCUT2D eigenvalue weighted by atomic mass is 15.4. The number of imidazole rings is 1. The van der Waals surface area contributed by atoms with E-state index in [9.17, 15) is 0 Å². The molecule has 0 unspecified atom stereocenters. The Balaban J connectivity index is 2.08. The molecule has 0 atom stereocenters. The van der Waals surface area contributed by atoms with E-state index in [4.69, 9.17) is 16.6 Å². The number of anilines is 1. The van der Waals surface area contributed by atoms with Gasteiger partial charge in [0.2, 0.25) is 0 Å². The maximum Gasteiger partial charge on any atom is 0.150 e. The van der Waals surface area contributed by atoms with E-state index in [-0.39, 0.29) is 0 Å². The zero-order valence-electron chi connectivity index (χ0n) is 11.3.